The van der Waals surface area contributed by atoms with Crippen LogP contribution in [0.15, 0.2) is 413 Å². The highest BCUT2D eigenvalue weighted by molar-refractivity contribution is 6.37. The lowest BCUT2D eigenvalue weighted by Gasteiger charge is -2.28. The van der Waals surface area contributed by atoms with E-state index in [1.807, 2.05) is 0 Å². The molecule has 0 spiro atoms. The van der Waals surface area contributed by atoms with Gasteiger partial charge in [-0.1, -0.05) is 317 Å². The summed E-state index contributed by atoms with van der Waals surface area (Å²) in [6.45, 7) is 4.70. The van der Waals surface area contributed by atoms with Gasteiger partial charge in [-0.25, -0.2) is 0 Å². The van der Waals surface area contributed by atoms with E-state index in [-0.39, 0.29) is 5.41 Å². The van der Waals surface area contributed by atoms with Crippen LogP contribution in [0, 0.1) is 0 Å². The lowest BCUT2D eigenvalue weighted by Crippen LogP contribution is -2.16. The molecule has 0 atom stereocenters. The predicted molar refractivity (Wildman–Crippen MR) is 513 cm³/mol. The van der Waals surface area contributed by atoms with Crippen LogP contribution >= 0.6 is 0 Å². The molecule has 0 saturated carbocycles. The van der Waals surface area contributed by atoms with Gasteiger partial charge in [-0.05, 0) is 263 Å². The number of anilines is 3. The number of para-hydroxylation sites is 3. The van der Waals surface area contributed by atoms with E-state index in [4.69, 9.17) is 0 Å². The van der Waals surface area contributed by atoms with E-state index in [0.29, 0.717) is 0 Å². The van der Waals surface area contributed by atoms with Crippen LogP contribution in [0.3, 0.4) is 0 Å². The minimum absolute atomic E-state index is 0.0797. The molecule has 562 valence electrons. The third-order valence-electron chi connectivity index (χ3n) is 27.1. The summed E-state index contributed by atoms with van der Waals surface area (Å²) in [6, 6.07) is 153. The van der Waals surface area contributed by atoms with Gasteiger partial charge in [0, 0.05) is 71.9 Å². The lowest BCUT2D eigenvalue weighted by atomic mass is 9.82. The van der Waals surface area contributed by atoms with Crippen molar-refractivity contribution in [1.29, 1.82) is 0 Å². The summed E-state index contributed by atoms with van der Waals surface area (Å²) >= 11 is 0. The molecule has 4 heteroatoms. The van der Waals surface area contributed by atoms with Crippen LogP contribution in [-0.4, -0.2) is 13.7 Å². The summed E-state index contributed by atoms with van der Waals surface area (Å²) in [5.41, 5.74) is 34.9. The predicted octanol–water partition coefficient (Wildman–Crippen LogP) is 32.0. The number of hydrogen-bond donors (Lipinski definition) is 0. The molecular weight excluding hydrogens is 1460 g/mol. The highest BCUT2D eigenvalue weighted by Gasteiger charge is 2.37. The van der Waals surface area contributed by atoms with Gasteiger partial charge >= 0.3 is 0 Å². The number of fused-ring (bicyclic) bond motifs is 22. The summed E-state index contributed by atoms with van der Waals surface area (Å²) < 4.78 is 7.34. The molecule has 0 fully saturated rings. The first kappa shape index (κ1) is 67.5. The molecule has 0 bridgehead atoms. The molecule has 0 unspecified atom stereocenters. The molecule has 0 amide bonds. The topological polar surface area (TPSA) is 18.0 Å². The van der Waals surface area contributed by atoms with Crippen molar-refractivity contribution < 1.29 is 0 Å². The highest BCUT2D eigenvalue weighted by Crippen LogP contribution is 2.58. The van der Waals surface area contributed by atoms with Gasteiger partial charge < -0.3 is 18.6 Å². The molecule has 3 aliphatic carbocycles. The maximum absolute atomic E-state index is 2.49. The zero-order chi connectivity index (χ0) is 79.5. The first-order valence-corrected chi connectivity index (χ1v) is 42.2. The fourth-order valence-corrected chi connectivity index (χ4v) is 21.9. The van der Waals surface area contributed by atoms with Gasteiger partial charge in [-0.3, -0.25) is 0 Å². The van der Waals surface area contributed by atoms with Crippen molar-refractivity contribution in [3.63, 3.8) is 0 Å². The van der Waals surface area contributed by atoms with E-state index in [1.165, 1.54) is 225 Å². The zero-order valence-corrected chi connectivity index (χ0v) is 66.5. The molecule has 4 nitrogen and oxygen atoms in total. The van der Waals surface area contributed by atoms with Gasteiger partial charge in [0.2, 0.25) is 0 Å². The van der Waals surface area contributed by atoms with E-state index in [0.717, 1.165) is 28.4 Å². The third-order valence-corrected chi connectivity index (χ3v) is 27.1. The summed E-state index contributed by atoms with van der Waals surface area (Å²) in [7, 11) is 0. The fourth-order valence-electron chi connectivity index (χ4n) is 21.9. The molecule has 24 aromatic rings. The number of rotatable bonds is 8. The molecule has 27 rings (SSSR count). The smallest absolute Gasteiger partial charge is 0.0547 e. The van der Waals surface area contributed by atoms with Crippen LogP contribution in [0.4, 0.5) is 17.1 Å². The minimum Gasteiger partial charge on any atom is -0.310 e. The highest BCUT2D eigenvalue weighted by atomic mass is 15.1. The third kappa shape index (κ3) is 9.67. The molecule has 21 aromatic carbocycles. The van der Waals surface area contributed by atoms with Crippen LogP contribution in [0.2, 0.25) is 0 Å². The molecule has 0 saturated heterocycles. The van der Waals surface area contributed by atoms with Crippen molar-refractivity contribution in [2.75, 3.05) is 4.90 Å². The number of aromatic nitrogens is 3. The summed E-state index contributed by atoms with van der Waals surface area (Å²) in [5, 5.41) is 23.5. The van der Waals surface area contributed by atoms with E-state index >= 15 is 0 Å². The summed E-state index contributed by atoms with van der Waals surface area (Å²) in [6.07, 6.45) is 0. The number of benzene rings is 21. The van der Waals surface area contributed by atoms with Crippen molar-refractivity contribution in [1.82, 2.24) is 13.7 Å². The standard InChI is InChI=1S/C63H42N2.C54H32N2/c1-63(2)54-24-11-10-19-48(54)49-36-35-45(38-55(49)63)64(42-15-4-3-5-16-42)43-31-26-39(27-32-43)40-28-33-44(34-29-40)65-56-25-13-23-53-60-51-21-9-7-18-47(51)46-17-6-8-20-50(46)59(60)52-22-12-14-41-30-37-57(65)62(58(41)52)61(53)56;1-3-16-42-38(12-1)39-13-2-4-17-43(39)52-45-19-10-22-48-53(45)54-49(32-27-35-11-9-18-44(50(35)54)51(42)52)56(48)37-30-25-34(26-31-37)33-23-28-36(29-24-33)55-46-20-7-5-14-40(46)41-15-6-8-21-47(41)55/h3-38H,1-2H3;1-32H. The Kier molecular flexibility index (Phi) is 14.3. The van der Waals surface area contributed by atoms with Gasteiger partial charge in [0.05, 0.1) is 33.1 Å². The Labute approximate surface area is 698 Å². The van der Waals surface area contributed by atoms with E-state index in [1.54, 1.807) is 0 Å². The van der Waals surface area contributed by atoms with Gasteiger partial charge in [-0.15, -0.1) is 0 Å². The summed E-state index contributed by atoms with van der Waals surface area (Å²) in [5.74, 6) is 0. The average molecular weight is 1540 g/mol. The SMILES string of the molecule is CC1(C)c2ccccc2-c2ccc(N(c3ccccc3)c3ccc(-c4ccc(-n5c6cccc7c6c6c8c(cccc8ccc65)-c5c-7c6ccccc6c6ccccc56)cc4)cc3)cc21.c1cc2c3c(c1)ccc1c3c3c(cccc3n1-c1ccc(-c3ccc(-n4c5ccccc5c5ccccc54)cc3)cc1)-c1c-2c2ccccc2c2ccccc12. The van der Waals surface area contributed by atoms with Crippen molar-refractivity contribution in [3.8, 4) is 95.0 Å². The first-order valence-electron chi connectivity index (χ1n) is 42.2. The lowest BCUT2D eigenvalue weighted by molar-refractivity contribution is 0.660. The van der Waals surface area contributed by atoms with Crippen molar-refractivity contribution in [2.45, 2.75) is 19.3 Å². The molecule has 0 radical (unpaired) electrons. The molecule has 0 N–H and O–H groups in total. The van der Waals surface area contributed by atoms with Gasteiger partial charge in [0.15, 0.2) is 0 Å². The van der Waals surface area contributed by atoms with Crippen molar-refractivity contribution in [2.24, 2.45) is 0 Å². The molecule has 121 heavy (non-hydrogen) atoms. The van der Waals surface area contributed by atoms with E-state index in [9.17, 15) is 0 Å². The van der Waals surface area contributed by atoms with Gasteiger partial charge in [0.25, 0.3) is 0 Å². The largest absolute Gasteiger partial charge is 0.310 e. The van der Waals surface area contributed by atoms with Crippen LogP contribution in [0.25, 0.3) is 225 Å². The molecule has 3 aliphatic rings. The van der Waals surface area contributed by atoms with E-state index < -0.39 is 0 Å². The second-order valence-corrected chi connectivity index (χ2v) is 33.6. The normalized spacial score (nSPS) is 12.8. The van der Waals surface area contributed by atoms with Crippen LogP contribution < -0.4 is 4.90 Å². The fraction of sp³-hybridized carbons (Fsp3) is 0.0256. The monoisotopic (exact) mass is 1530 g/mol. The zero-order valence-electron chi connectivity index (χ0n) is 66.5. The maximum Gasteiger partial charge on any atom is 0.0547 e. The molecule has 0 aliphatic heterocycles. The Hall–Kier alpha value is -15.6. The first-order chi connectivity index (χ1) is 59.8. The Morgan fingerprint density at radius 1 is 0.190 bits per heavy atom. The van der Waals surface area contributed by atoms with Crippen LogP contribution in [0.5, 0.6) is 0 Å². The molecular formula is C117H74N4. The Bertz CT molecular complexity index is 8520. The van der Waals surface area contributed by atoms with Crippen LogP contribution in [0.1, 0.15) is 25.0 Å². The molecule has 3 aromatic heterocycles. The van der Waals surface area contributed by atoms with Gasteiger partial charge in [0.1, 0.15) is 0 Å². The summed E-state index contributed by atoms with van der Waals surface area (Å²) in [4.78, 5) is 2.39. The Morgan fingerprint density at radius 3 is 0.934 bits per heavy atom. The minimum atomic E-state index is -0.0797. The Balaban J connectivity index is 0.000000132. The second kappa shape index (κ2) is 25.7. The van der Waals surface area contributed by atoms with Crippen molar-refractivity contribution in [3.05, 3.63) is 424 Å². The average Bonchev–Trinajstić information content (AvgIpc) is 1.52. The number of hydrogen-bond acceptors (Lipinski definition) is 1. The Morgan fingerprint density at radius 2 is 0.496 bits per heavy atom. The number of nitrogens with zero attached hydrogens (tertiary/aromatic N) is 4. The van der Waals surface area contributed by atoms with Gasteiger partial charge in [-0.2, -0.15) is 0 Å². The molecule has 3 heterocycles. The second-order valence-electron chi connectivity index (χ2n) is 33.6. The van der Waals surface area contributed by atoms with E-state index in [2.05, 4.69) is 445 Å². The maximum atomic E-state index is 2.49. The van der Waals surface area contributed by atoms with Crippen molar-refractivity contribution >= 4 is 147 Å². The van der Waals surface area contributed by atoms with Crippen LogP contribution in [-0.2, 0) is 5.41 Å². The quantitative estimate of drug-likeness (QED) is 0.139.